The Kier molecular flexibility index (Phi) is 5.26. The average molecular weight is 326 g/mol. The molecule has 1 amide bonds. The van der Waals surface area contributed by atoms with Gasteiger partial charge in [0.2, 0.25) is 5.91 Å². The third-order valence-electron chi connectivity index (χ3n) is 4.70. The van der Waals surface area contributed by atoms with Crippen LogP contribution >= 0.6 is 0 Å². The van der Waals surface area contributed by atoms with Crippen molar-refractivity contribution in [3.05, 3.63) is 71.5 Å². The van der Waals surface area contributed by atoms with Gasteiger partial charge in [0.25, 0.3) is 0 Å². The van der Waals surface area contributed by atoms with Crippen molar-refractivity contribution in [3.8, 4) is 0 Å². The molecule has 1 saturated heterocycles. The number of rotatable bonds is 4. The van der Waals surface area contributed by atoms with Crippen molar-refractivity contribution in [3.63, 3.8) is 0 Å². The standard InChI is InChI=1S/C20H23FN2O/c21-17-11-9-16(10-12-17)19-8-4-5-13-23(19)20(24)14-18(22)15-6-2-1-3-7-15/h1-3,6-7,9-12,18-19H,4-5,8,13-14,22H2. The van der Waals surface area contributed by atoms with Crippen LogP contribution in [0.4, 0.5) is 4.39 Å². The van der Waals surface area contributed by atoms with E-state index in [1.807, 2.05) is 35.2 Å². The van der Waals surface area contributed by atoms with Gasteiger partial charge in [0, 0.05) is 19.0 Å². The Balaban J connectivity index is 1.72. The third-order valence-corrected chi connectivity index (χ3v) is 4.70. The molecule has 0 aromatic heterocycles. The van der Waals surface area contributed by atoms with Crippen molar-refractivity contribution in [1.29, 1.82) is 0 Å². The summed E-state index contributed by atoms with van der Waals surface area (Å²) in [7, 11) is 0. The number of nitrogens with two attached hydrogens (primary N) is 1. The Morgan fingerprint density at radius 2 is 1.83 bits per heavy atom. The van der Waals surface area contributed by atoms with Gasteiger partial charge in [-0.15, -0.1) is 0 Å². The van der Waals surface area contributed by atoms with Gasteiger partial charge in [0.05, 0.1) is 6.04 Å². The van der Waals surface area contributed by atoms with Crippen LogP contribution < -0.4 is 5.73 Å². The fourth-order valence-electron chi connectivity index (χ4n) is 3.39. The lowest BCUT2D eigenvalue weighted by molar-refractivity contribution is -0.135. The van der Waals surface area contributed by atoms with E-state index in [9.17, 15) is 9.18 Å². The summed E-state index contributed by atoms with van der Waals surface area (Å²) in [4.78, 5) is 14.7. The van der Waals surface area contributed by atoms with Gasteiger partial charge >= 0.3 is 0 Å². The second-order valence-corrected chi connectivity index (χ2v) is 6.37. The molecule has 0 spiro atoms. The molecule has 24 heavy (non-hydrogen) atoms. The van der Waals surface area contributed by atoms with E-state index in [0.29, 0.717) is 6.42 Å². The largest absolute Gasteiger partial charge is 0.336 e. The first-order valence-electron chi connectivity index (χ1n) is 8.50. The van der Waals surface area contributed by atoms with E-state index in [4.69, 9.17) is 5.73 Å². The lowest BCUT2D eigenvalue weighted by atomic mass is 9.94. The van der Waals surface area contributed by atoms with Gasteiger partial charge in [0.15, 0.2) is 0 Å². The highest BCUT2D eigenvalue weighted by molar-refractivity contribution is 5.77. The summed E-state index contributed by atoms with van der Waals surface area (Å²) in [5.74, 6) is -0.182. The summed E-state index contributed by atoms with van der Waals surface area (Å²) in [6.45, 7) is 0.738. The zero-order chi connectivity index (χ0) is 16.9. The summed E-state index contributed by atoms with van der Waals surface area (Å²) < 4.78 is 13.2. The smallest absolute Gasteiger partial charge is 0.224 e. The van der Waals surface area contributed by atoms with Crippen molar-refractivity contribution in [2.24, 2.45) is 5.73 Å². The molecule has 3 rings (SSSR count). The van der Waals surface area contributed by atoms with E-state index in [1.165, 1.54) is 12.1 Å². The van der Waals surface area contributed by atoms with Crippen LogP contribution in [-0.2, 0) is 4.79 Å². The van der Waals surface area contributed by atoms with E-state index in [-0.39, 0.29) is 23.8 Å². The fraction of sp³-hybridized carbons (Fsp3) is 0.350. The Morgan fingerprint density at radius 1 is 1.12 bits per heavy atom. The summed E-state index contributed by atoms with van der Waals surface area (Å²) in [6.07, 6.45) is 3.29. The molecule has 0 saturated carbocycles. The molecule has 2 unspecified atom stereocenters. The lowest BCUT2D eigenvalue weighted by Gasteiger charge is -2.36. The van der Waals surface area contributed by atoms with Crippen LogP contribution in [0.5, 0.6) is 0 Å². The van der Waals surface area contributed by atoms with Gasteiger partial charge in [-0.05, 0) is 42.5 Å². The van der Waals surface area contributed by atoms with E-state index in [1.54, 1.807) is 12.1 Å². The van der Waals surface area contributed by atoms with Gasteiger partial charge in [0.1, 0.15) is 5.82 Å². The first-order valence-corrected chi connectivity index (χ1v) is 8.50. The van der Waals surface area contributed by atoms with Crippen molar-refractivity contribution >= 4 is 5.91 Å². The molecular formula is C20H23FN2O. The van der Waals surface area contributed by atoms with E-state index in [2.05, 4.69) is 0 Å². The van der Waals surface area contributed by atoms with Gasteiger partial charge in [-0.25, -0.2) is 4.39 Å². The minimum atomic E-state index is -0.297. The van der Waals surface area contributed by atoms with Gasteiger partial charge in [-0.2, -0.15) is 0 Å². The molecule has 2 atom stereocenters. The zero-order valence-electron chi connectivity index (χ0n) is 13.7. The second-order valence-electron chi connectivity index (χ2n) is 6.37. The number of hydrogen-bond acceptors (Lipinski definition) is 2. The second kappa shape index (κ2) is 7.58. The van der Waals surface area contributed by atoms with Crippen LogP contribution in [0.2, 0.25) is 0 Å². The Bertz CT molecular complexity index is 672. The molecule has 2 aromatic carbocycles. The quantitative estimate of drug-likeness (QED) is 0.924. The maximum atomic E-state index is 13.2. The fourth-order valence-corrected chi connectivity index (χ4v) is 3.39. The third kappa shape index (κ3) is 3.82. The molecule has 0 bridgehead atoms. The van der Waals surface area contributed by atoms with Crippen LogP contribution in [0.3, 0.4) is 0 Å². The average Bonchev–Trinajstić information content (AvgIpc) is 2.63. The molecule has 4 heteroatoms. The summed E-state index contributed by atoms with van der Waals surface area (Å²) in [6, 6.07) is 15.9. The molecule has 3 nitrogen and oxygen atoms in total. The molecule has 2 N–H and O–H groups in total. The topological polar surface area (TPSA) is 46.3 Å². The first-order chi connectivity index (χ1) is 11.6. The molecule has 1 fully saturated rings. The molecule has 1 aliphatic heterocycles. The van der Waals surface area contributed by atoms with Crippen LogP contribution in [-0.4, -0.2) is 17.4 Å². The summed E-state index contributed by atoms with van der Waals surface area (Å²) >= 11 is 0. The Morgan fingerprint density at radius 3 is 2.54 bits per heavy atom. The SMILES string of the molecule is NC(CC(=O)N1CCCCC1c1ccc(F)cc1)c1ccccc1. The molecule has 0 radical (unpaired) electrons. The highest BCUT2D eigenvalue weighted by atomic mass is 19.1. The maximum Gasteiger partial charge on any atom is 0.224 e. The normalized spacial score (nSPS) is 19.1. The van der Waals surface area contributed by atoms with Crippen LogP contribution in [0.15, 0.2) is 54.6 Å². The lowest BCUT2D eigenvalue weighted by Crippen LogP contribution is -2.39. The molecule has 0 aliphatic carbocycles. The van der Waals surface area contributed by atoms with Crippen molar-refractivity contribution in [1.82, 2.24) is 4.90 Å². The molecule has 1 aliphatic rings. The van der Waals surface area contributed by atoms with Gasteiger partial charge in [-0.1, -0.05) is 42.5 Å². The molecular weight excluding hydrogens is 303 g/mol. The minimum absolute atomic E-state index is 0.0230. The number of halogens is 1. The summed E-state index contributed by atoms with van der Waals surface area (Å²) in [5, 5.41) is 0. The van der Waals surface area contributed by atoms with E-state index >= 15 is 0 Å². The number of likely N-dealkylation sites (tertiary alicyclic amines) is 1. The number of amides is 1. The number of carbonyl (C=O) groups is 1. The summed E-state index contributed by atoms with van der Waals surface area (Å²) in [5.41, 5.74) is 8.18. The maximum absolute atomic E-state index is 13.2. The Hall–Kier alpha value is -2.20. The predicted octanol–water partition coefficient (Wildman–Crippen LogP) is 3.97. The molecule has 2 aromatic rings. The predicted molar refractivity (Wildman–Crippen MR) is 92.7 cm³/mol. The van der Waals surface area contributed by atoms with Crippen LogP contribution in [0, 0.1) is 5.82 Å². The molecule has 126 valence electrons. The molecule has 1 heterocycles. The number of carbonyl (C=O) groups excluding carboxylic acids is 1. The van der Waals surface area contributed by atoms with Crippen molar-refractivity contribution in [2.45, 2.75) is 37.8 Å². The number of piperidine rings is 1. The van der Waals surface area contributed by atoms with Gasteiger partial charge in [-0.3, -0.25) is 4.79 Å². The first kappa shape index (κ1) is 16.7. The minimum Gasteiger partial charge on any atom is -0.336 e. The number of nitrogens with zero attached hydrogens (tertiary/aromatic N) is 1. The number of benzene rings is 2. The van der Waals surface area contributed by atoms with E-state index in [0.717, 1.165) is 36.9 Å². The van der Waals surface area contributed by atoms with Crippen molar-refractivity contribution < 1.29 is 9.18 Å². The van der Waals surface area contributed by atoms with Crippen molar-refractivity contribution in [2.75, 3.05) is 6.54 Å². The van der Waals surface area contributed by atoms with Gasteiger partial charge < -0.3 is 10.6 Å². The number of hydrogen-bond donors (Lipinski definition) is 1. The monoisotopic (exact) mass is 326 g/mol. The van der Waals surface area contributed by atoms with Crippen LogP contribution in [0.1, 0.15) is 48.9 Å². The highest BCUT2D eigenvalue weighted by Crippen LogP contribution is 2.32. The zero-order valence-corrected chi connectivity index (χ0v) is 13.7. The Labute approximate surface area is 142 Å². The highest BCUT2D eigenvalue weighted by Gasteiger charge is 2.28. The van der Waals surface area contributed by atoms with E-state index < -0.39 is 0 Å². The van der Waals surface area contributed by atoms with Crippen LogP contribution in [0.25, 0.3) is 0 Å².